The number of carbonyl (C=O) groups excluding carboxylic acids is 1. The van der Waals surface area contributed by atoms with Gasteiger partial charge in [0, 0.05) is 16.9 Å². The Balaban J connectivity index is 2.07. The van der Waals surface area contributed by atoms with E-state index in [1.165, 1.54) is 7.11 Å². The minimum Gasteiger partial charge on any atom is -0.496 e. The number of rotatable bonds is 3. The van der Waals surface area contributed by atoms with Crippen LogP contribution < -0.4 is 4.74 Å². The van der Waals surface area contributed by atoms with Crippen molar-refractivity contribution in [3.8, 4) is 11.6 Å². The molecular formula is C18H16BrN3O3. The molecule has 0 atom stereocenters. The number of aryl methyl sites for hydroxylation is 2. The van der Waals surface area contributed by atoms with Gasteiger partial charge in [-0.05, 0) is 52.7 Å². The highest BCUT2D eigenvalue weighted by atomic mass is 79.9. The van der Waals surface area contributed by atoms with Crippen molar-refractivity contribution in [2.45, 2.75) is 6.92 Å². The van der Waals surface area contributed by atoms with Gasteiger partial charge >= 0.3 is 0 Å². The van der Waals surface area contributed by atoms with Crippen LogP contribution in [0.3, 0.4) is 0 Å². The number of ether oxygens (including phenoxy) is 1. The van der Waals surface area contributed by atoms with Crippen LogP contribution in [0.4, 0.5) is 5.69 Å². The van der Waals surface area contributed by atoms with Crippen LogP contribution >= 0.6 is 15.9 Å². The average Bonchev–Trinajstić information content (AvgIpc) is 2.83. The molecule has 7 heteroatoms. The molecule has 128 valence electrons. The number of halogens is 1. The second kappa shape index (κ2) is 6.68. The van der Waals surface area contributed by atoms with Crippen LogP contribution in [0.15, 0.2) is 51.1 Å². The summed E-state index contributed by atoms with van der Waals surface area (Å²) in [5.41, 5.74) is 2.34. The number of hydrogen-bond donors (Lipinski definition) is 1. The number of amides is 1. The van der Waals surface area contributed by atoms with Gasteiger partial charge in [-0.2, -0.15) is 0 Å². The lowest BCUT2D eigenvalue weighted by Gasteiger charge is -2.03. The van der Waals surface area contributed by atoms with Crippen molar-refractivity contribution >= 4 is 38.4 Å². The molecule has 0 saturated carbocycles. The number of carbonyl (C=O) groups is 1. The first-order valence-corrected chi connectivity index (χ1v) is 8.30. The largest absolute Gasteiger partial charge is 0.496 e. The Morgan fingerprint density at radius 2 is 2.00 bits per heavy atom. The number of azo groups is 1. The molecule has 3 rings (SSSR count). The minimum atomic E-state index is -0.541. The number of aromatic hydroxyl groups is 1. The Morgan fingerprint density at radius 1 is 1.28 bits per heavy atom. The lowest BCUT2D eigenvalue weighted by atomic mass is 10.1. The zero-order valence-electron chi connectivity index (χ0n) is 13.9. The van der Waals surface area contributed by atoms with Gasteiger partial charge < -0.3 is 14.4 Å². The fourth-order valence-corrected chi connectivity index (χ4v) is 3.55. The smallest absolute Gasteiger partial charge is 0.299 e. The van der Waals surface area contributed by atoms with Gasteiger partial charge in [-0.3, -0.25) is 4.79 Å². The second-order valence-electron chi connectivity index (χ2n) is 5.58. The lowest BCUT2D eigenvalue weighted by molar-refractivity contribution is 0.0992. The van der Waals surface area contributed by atoms with Crippen LogP contribution in [-0.2, 0) is 7.05 Å². The van der Waals surface area contributed by atoms with Gasteiger partial charge in [0.25, 0.3) is 5.91 Å². The van der Waals surface area contributed by atoms with Crippen LogP contribution in [0.25, 0.3) is 10.9 Å². The van der Waals surface area contributed by atoms with Gasteiger partial charge in [0.15, 0.2) is 5.69 Å². The maximum absolute atomic E-state index is 12.3. The van der Waals surface area contributed by atoms with E-state index in [4.69, 9.17) is 4.74 Å². The number of methoxy groups -OCH3 is 1. The number of benzene rings is 2. The third kappa shape index (κ3) is 3.02. The second-order valence-corrected chi connectivity index (χ2v) is 6.43. The number of aromatic nitrogens is 1. The highest BCUT2D eigenvalue weighted by Crippen LogP contribution is 2.41. The lowest BCUT2D eigenvalue weighted by Crippen LogP contribution is -1.97. The summed E-state index contributed by atoms with van der Waals surface area (Å²) in [6.07, 6.45) is 0. The first-order valence-electron chi connectivity index (χ1n) is 7.50. The highest BCUT2D eigenvalue weighted by Gasteiger charge is 2.18. The van der Waals surface area contributed by atoms with Crippen molar-refractivity contribution in [3.63, 3.8) is 0 Å². The summed E-state index contributed by atoms with van der Waals surface area (Å²) in [4.78, 5) is 12.3. The molecule has 1 aromatic heterocycles. The molecule has 0 spiro atoms. The van der Waals surface area contributed by atoms with E-state index in [1.807, 2.05) is 19.1 Å². The maximum Gasteiger partial charge on any atom is 0.299 e. The molecule has 0 aliphatic heterocycles. The van der Waals surface area contributed by atoms with Gasteiger partial charge in [0.05, 0.1) is 18.2 Å². The average molecular weight is 402 g/mol. The molecule has 2 aromatic carbocycles. The first kappa shape index (κ1) is 17.2. The van der Waals surface area contributed by atoms with Crippen molar-refractivity contribution in [1.29, 1.82) is 0 Å². The van der Waals surface area contributed by atoms with Gasteiger partial charge in [-0.25, -0.2) is 0 Å². The van der Waals surface area contributed by atoms with Crippen LogP contribution in [-0.4, -0.2) is 22.7 Å². The molecular weight excluding hydrogens is 386 g/mol. The van der Waals surface area contributed by atoms with E-state index >= 15 is 0 Å². The van der Waals surface area contributed by atoms with E-state index in [0.717, 1.165) is 15.6 Å². The zero-order chi connectivity index (χ0) is 18.1. The Kier molecular flexibility index (Phi) is 4.59. The summed E-state index contributed by atoms with van der Waals surface area (Å²) in [6.45, 7) is 1.94. The zero-order valence-corrected chi connectivity index (χ0v) is 15.5. The molecule has 0 fully saturated rings. The molecule has 0 aliphatic carbocycles. The Hall–Kier alpha value is -2.67. The number of hydrogen-bond acceptors (Lipinski definition) is 4. The number of nitrogens with zero attached hydrogens (tertiary/aromatic N) is 3. The Bertz CT molecular complexity index is 1010. The quantitative estimate of drug-likeness (QED) is 0.634. The van der Waals surface area contributed by atoms with Gasteiger partial charge in [0.1, 0.15) is 5.75 Å². The van der Waals surface area contributed by atoms with Crippen molar-refractivity contribution < 1.29 is 14.6 Å². The third-order valence-corrected chi connectivity index (χ3v) is 4.51. The van der Waals surface area contributed by atoms with Crippen LogP contribution in [0.2, 0.25) is 0 Å². The standard InChI is InChI=1S/C18H16BrN3O3/c1-10-8-12-15(18(24)22(2)16(12)13(19)9-10)20-21-17(23)11-6-4-5-7-14(11)25-3/h4-9,24H,1-3H3. The van der Waals surface area contributed by atoms with E-state index in [9.17, 15) is 9.90 Å². The molecule has 0 aliphatic rings. The predicted molar refractivity (Wildman–Crippen MR) is 98.9 cm³/mol. The molecule has 1 heterocycles. The van der Waals surface area contributed by atoms with Gasteiger partial charge in [0.2, 0.25) is 5.88 Å². The fourth-order valence-electron chi connectivity index (χ4n) is 2.71. The Labute approximate surface area is 152 Å². The fraction of sp³-hybridized carbons (Fsp3) is 0.167. The molecule has 1 amide bonds. The van der Waals surface area contributed by atoms with Crippen molar-refractivity contribution in [2.75, 3.05) is 7.11 Å². The normalized spacial score (nSPS) is 11.4. The van der Waals surface area contributed by atoms with E-state index in [1.54, 1.807) is 35.9 Å². The van der Waals surface area contributed by atoms with Crippen molar-refractivity contribution in [1.82, 2.24) is 4.57 Å². The first-order chi connectivity index (χ1) is 11.9. The van der Waals surface area contributed by atoms with E-state index in [-0.39, 0.29) is 11.6 Å². The summed E-state index contributed by atoms with van der Waals surface area (Å²) < 4.78 is 7.60. The van der Waals surface area contributed by atoms with Crippen LogP contribution in [0.5, 0.6) is 11.6 Å². The van der Waals surface area contributed by atoms with Gasteiger partial charge in [-0.15, -0.1) is 10.2 Å². The summed E-state index contributed by atoms with van der Waals surface area (Å²) >= 11 is 3.49. The predicted octanol–water partition coefficient (Wildman–Crippen LogP) is 4.89. The molecule has 1 N–H and O–H groups in total. The summed E-state index contributed by atoms with van der Waals surface area (Å²) in [6, 6.07) is 10.6. The number of para-hydroxylation sites is 1. The third-order valence-electron chi connectivity index (χ3n) is 3.91. The maximum atomic E-state index is 12.3. The number of fused-ring (bicyclic) bond motifs is 1. The highest BCUT2D eigenvalue weighted by molar-refractivity contribution is 9.10. The molecule has 3 aromatic rings. The van der Waals surface area contributed by atoms with E-state index in [2.05, 4.69) is 26.2 Å². The minimum absolute atomic E-state index is 0.0575. The molecule has 0 unspecified atom stereocenters. The molecule has 0 radical (unpaired) electrons. The van der Waals surface area contributed by atoms with Crippen molar-refractivity contribution in [3.05, 3.63) is 52.0 Å². The SMILES string of the molecule is COc1ccccc1C(=O)N=Nc1c(O)n(C)c2c(Br)cc(C)cc12. The summed E-state index contributed by atoms with van der Waals surface area (Å²) in [5, 5.41) is 18.9. The Morgan fingerprint density at radius 3 is 2.72 bits per heavy atom. The van der Waals surface area contributed by atoms with Gasteiger partial charge in [-0.1, -0.05) is 12.1 Å². The molecule has 6 nitrogen and oxygen atoms in total. The van der Waals surface area contributed by atoms with Crippen molar-refractivity contribution in [2.24, 2.45) is 17.3 Å². The summed E-state index contributed by atoms with van der Waals surface area (Å²) in [7, 11) is 3.21. The molecule has 25 heavy (non-hydrogen) atoms. The van der Waals surface area contributed by atoms with E-state index < -0.39 is 5.91 Å². The van der Waals surface area contributed by atoms with Crippen LogP contribution in [0, 0.1) is 6.92 Å². The monoisotopic (exact) mass is 401 g/mol. The molecule has 0 bridgehead atoms. The van der Waals surface area contributed by atoms with E-state index in [0.29, 0.717) is 16.7 Å². The topological polar surface area (TPSA) is 76.2 Å². The molecule has 0 saturated heterocycles. The summed E-state index contributed by atoms with van der Waals surface area (Å²) in [5.74, 6) is -0.175. The van der Waals surface area contributed by atoms with Crippen LogP contribution in [0.1, 0.15) is 15.9 Å².